The second kappa shape index (κ2) is 5.07. The van der Waals surface area contributed by atoms with Crippen LogP contribution in [0.4, 0.5) is 0 Å². The van der Waals surface area contributed by atoms with Gasteiger partial charge in [0.2, 0.25) is 0 Å². The highest BCUT2D eigenvalue weighted by Gasteiger charge is 2.52. The van der Waals surface area contributed by atoms with Gasteiger partial charge in [0.25, 0.3) is 0 Å². The van der Waals surface area contributed by atoms with Gasteiger partial charge in [0, 0.05) is 17.8 Å². The molecule has 0 radical (unpaired) electrons. The minimum absolute atomic E-state index is 0.0169. The minimum atomic E-state index is -0.345. The number of ketones is 1. The highest BCUT2D eigenvalue weighted by Crippen LogP contribution is 2.52. The molecule has 1 aliphatic carbocycles. The topological polar surface area (TPSA) is 17.1 Å². The molecule has 0 aliphatic heterocycles. The van der Waals surface area contributed by atoms with Crippen LogP contribution in [0.15, 0.2) is 9.52 Å². The second-order valence-corrected chi connectivity index (χ2v) is 5.67. The number of hydrogen-bond donors (Lipinski definition) is 0. The summed E-state index contributed by atoms with van der Waals surface area (Å²) in [5, 5.41) is 0.441. The molecule has 0 aromatic rings. The molecule has 1 saturated carbocycles. The van der Waals surface area contributed by atoms with E-state index in [2.05, 4.69) is 6.92 Å². The first kappa shape index (κ1) is 13.3. The lowest BCUT2D eigenvalue weighted by atomic mass is 9.58. The van der Waals surface area contributed by atoms with Crippen LogP contribution in [0.1, 0.15) is 39.5 Å². The van der Waals surface area contributed by atoms with E-state index in [0.717, 1.165) is 19.3 Å². The Bertz CT molecular complexity index is 294. The molecule has 1 nitrogen and oxygen atoms in total. The summed E-state index contributed by atoms with van der Waals surface area (Å²) in [5.74, 6) is 0.289. The van der Waals surface area contributed by atoms with Gasteiger partial charge in [0.1, 0.15) is 10.3 Å². The van der Waals surface area contributed by atoms with Gasteiger partial charge in [-0.05, 0) is 6.42 Å². The monoisotopic (exact) mass is 268 g/mol. The van der Waals surface area contributed by atoms with Crippen LogP contribution in [0.5, 0.6) is 0 Å². The van der Waals surface area contributed by atoms with Gasteiger partial charge in [-0.25, -0.2) is 0 Å². The molecule has 4 heteroatoms. The van der Waals surface area contributed by atoms with Crippen molar-refractivity contribution in [3.8, 4) is 0 Å². The number of rotatable bonds is 4. The second-order valence-electron chi connectivity index (χ2n) is 4.31. The summed E-state index contributed by atoms with van der Waals surface area (Å²) < 4.78 is 0.0943. The number of unbranched alkanes of at least 4 members (excludes halogenated alkanes) is 1. The summed E-state index contributed by atoms with van der Waals surface area (Å²) in [6, 6.07) is 0. The van der Waals surface area contributed by atoms with Gasteiger partial charge in [0.05, 0.1) is 5.03 Å². The molecule has 0 spiro atoms. The molecule has 0 heterocycles. The van der Waals surface area contributed by atoms with Crippen LogP contribution in [0.3, 0.4) is 0 Å². The van der Waals surface area contributed by atoms with E-state index in [1.54, 1.807) is 0 Å². The predicted molar refractivity (Wildman–Crippen MR) is 65.3 cm³/mol. The standard InChI is InChI=1S/C11H15Cl3O/c1-3-4-5-11(2)7(6-8(11)15)9(12)10(13)14/h7H,3-6H2,1-2H3. The third-order valence-electron chi connectivity index (χ3n) is 3.33. The maximum absolute atomic E-state index is 11.6. The van der Waals surface area contributed by atoms with Gasteiger partial charge in [-0.15, -0.1) is 0 Å². The number of allylic oxidation sites excluding steroid dienone is 1. The lowest BCUT2D eigenvalue weighted by Crippen LogP contribution is -2.48. The molecule has 0 amide bonds. The molecule has 0 aromatic carbocycles. The largest absolute Gasteiger partial charge is 0.299 e. The Morgan fingerprint density at radius 1 is 1.47 bits per heavy atom. The smallest absolute Gasteiger partial charge is 0.140 e. The summed E-state index contributed by atoms with van der Waals surface area (Å²) >= 11 is 17.3. The first-order valence-electron chi connectivity index (χ1n) is 5.17. The predicted octanol–water partition coefficient (Wildman–Crippen LogP) is 4.66. The van der Waals surface area contributed by atoms with Gasteiger partial charge < -0.3 is 0 Å². The summed E-state index contributed by atoms with van der Waals surface area (Å²) in [7, 11) is 0. The molecule has 1 aliphatic rings. The maximum atomic E-state index is 11.6. The Balaban J connectivity index is 2.78. The van der Waals surface area contributed by atoms with Crippen molar-refractivity contribution >= 4 is 40.6 Å². The Morgan fingerprint density at radius 2 is 2.07 bits per heavy atom. The fraction of sp³-hybridized carbons (Fsp3) is 0.727. The van der Waals surface area contributed by atoms with E-state index < -0.39 is 0 Å². The summed E-state index contributed by atoms with van der Waals surface area (Å²) in [4.78, 5) is 11.6. The normalized spacial score (nSPS) is 29.9. The molecule has 1 fully saturated rings. The van der Waals surface area contributed by atoms with Crippen LogP contribution in [-0.2, 0) is 4.79 Å². The van der Waals surface area contributed by atoms with Crippen LogP contribution >= 0.6 is 34.8 Å². The molecule has 1 rings (SSSR count). The average molecular weight is 270 g/mol. The Hall–Kier alpha value is 0.280. The highest BCUT2D eigenvalue weighted by molar-refractivity contribution is 6.59. The van der Waals surface area contributed by atoms with E-state index in [9.17, 15) is 4.79 Å². The summed E-state index contributed by atoms with van der Waals surface area (Å²) in [6.45, 7) is 4.06. The number of carbonyl (C=O) groups is 1. The van der Waals surface area contributed by atoms with E-state index in [4.69, 9.17) is 34.8 Å². The third kappa shape index (κ3) is 2.51. The fourth-order valence-corrected chi connectivity index (χ4v) is 2.65. The van der Waals surface area contributed by atoms with Crippen molar-refractivity contribution in [2.45, 2.75) is 39.5 Å². The van der Waals surface area contributed by atoms with Crippen LogP contribution < -0.4 is 0 Å². The zero-order valence-corrected chi connectivity index (χ0v) is 11.2. The average Bonchev–Trinajstić information content (AvgIpc) is 2.21. The van der Waals surface area contributed by atoms with E-state index >= 15 is 0 Å². The molecular weight excluding hydrogens is 254 g/mol. The zero-order chi connectivity index (χ0) is 11.6. The fourth-order valence-electron chi connectivity index (χ4n) is 2.07. The molecule has 0 aromatic heterocycles. The molecule has 0 N–H and O–H groups in total. The van der Waals surface area contributed by atoms with Crippen LogP contribution in [0.25, 0.3) is 0 Å². The SMILES string of the molecule is CCCCC1(C)C(=O)CC1C(Cl)=C(Cl)Cl. The summed E-state index contributed by atoms with van der Waals surface area (Å²) in [5.41, 5.74) is -0.345. The third-order valence-corrected chi connectivity index (χ3v) is 4.38. The zero-order valence-electron chi connectivity index (χ0n) is 8.95. The van der Waals surface area contributed by atoms with Crippen molar-refractivity contribution in [1.29, 1.82) is 0 Å². The van der Waals surface area contributed by atoms with E-state index in [1.807, 2.05) is 6.92 Å². The first-order valence-corrected chi connectivity index (χ1v) is 6.30. The van der Waals surface area contributed by atoms with E-state index in [-0.39, 0.29) is 21.6 Å². The number of hydrogen-bond acceptors (Lipinski definition) is 1. The lowest BCUT2D eigenvalue weighted by Gasteiger charge is -2.45. The van der Waals surface area contributed by atoms with Crippen LogP contribution in [-0.4, -0.2) is 5.78 Å². The molecule has 0 bridgehead atoms. The number of halogens is 3. The minimum Gasteiger partial charge on any atom is -0.299 e. The van der Waals surface area contributed by atoms with Gasteiger partial charge in [-0.1, -0.05) is 61.5 Å². The first-order chi connectivity index (χ1) is 6.93. The maximum Gasteiger partial charge on any atom is 0.140 e. The van der Waals surface area contributed by atoms with Crippen molar-refractivity contribution in [1.82, 2.24) is 0 Å². The molecule has 2 unspecified atom stereocenters. The van der Waals surface area contributed by atoms with Crippen molar-refractivity contribution < 1.29 is 4.79 Å². The summed E-state index contributed by atoms with van der Waals surface area (Å²) in [6.07, 6.45) is 3.45. The molecule has 2 atom stereocenters. The van der Waals surface area contributed by atoms with Gasteiger partial charge in [-0.2, -0.15) is 0 Å². The van der Waals surface area contributed by atoms with E-state index in [1.165, 1.54) is 0 Å². The number of Topliss-reactive ketones (excluding diaryl/α,β-unsaturated/α-hetero) is 1. The number of carbonyl (C=O) groups excluding carboxylic acids is 1. The van der Waals surface area contributed by atoms with E-state index in [0.29, 0.717) is 11.5 Å². The van der Waals surface area contributed by atoms with Crippen molar-refractivity contribution in [3.63, 3.8) is 0 Å². The Kier molecular flexibility index (Phi) is 4.51. The van der Waals surface area contributed by atoms with Crippen molar-refractivity contribution in [2.75, 3.05) is 0 Å². The van der Waals surface area contributed by atoms with Crippen molar-refractivity contribution in [2.24, 2.45) is 11.3 Å². The quantitative estimate of drug-likeness (QED) is 0.725. The Morgan fingerprint density at radius 3 is 2.47 bits per heavy atom. The van der Waals surface area contributed by atoms with Gasteiger partial charge in [0.15, 0.2) is 0 Å². The van der Waals surface area contributed by atoms with Gasteiger partial charge in [-0.3, -0.25) is 4.79 Å². The Labute approximate surface area is 106 Å². The highest BCUT2D eigenvalue weighted by atomic mass is 35.5. The van der Waals surface area contributed by atoms with Crippen LogP contribution in [0, 0.1) is 11.3 Å². The molecule has 86 valence electrons. The molecule has 0 saturated heterocycles. The van der Waals surface area contributed by atoms with Gasteiger partial charge >= 0.3 is 0 Å². The van der Waals surface area contributed by atoms with Crippen LogP contribution in [0.2, 0.25) is 0 Å². The molecule has 15 heavy (non-hydrogen) atoms. The molecular formula is C11H15Cl3O. The van der Waals surface area contributed by atoms with Crippen molar-refractivity contribution in [3.05, 3.63) is 9.52 Å². The lowest BCUT2D eigenvalue weighted by molar-refractivity contribution is -0.142.